The number of halogens is 2. The predicted octanol–water partition coefficient (Wildman–Crippen LogP) is 3.39. The van der Waals surface area contributed by atoms with E-state index >= 15 is 0 Å². The molecule has 4 nitrogen and oxygen atoms in total. The predicted molar refractivity (Wildman–Crippen MR) is 81.9 cm³/mol. The minimum Gasteiger partial charge on any atom is -0.432 e. The number of hydrogen-bond donors (Lipinski definition) is 0. The third-order valence-electron chi connectivity index (χ3n) is 3.42. The summed E-state index contributed by atoms with van der Waals surface area (Å²) in [6.07, 6.45) is 1.62. The molecule has 1 fully saturated rings. The highest BCUT2D eigenvalue weighted by Crippen LogP contribution is 2.22. The fourth-order valence-electron chi connectivity index (χ4n) is 2.31. The van der Waals surface area contributed by atoms with Gasteiger partial charge in [-0.1, -0.05) is 11.6 Å². The van der Waals surface area contributed by atoms with E-state index in [0.717, 1.165) is 36.9 Å². The van der Waals surface area contributed by atoms with Crippen molar-refractivity contribution in [1.82, 2.24) is 4.98 Å². The van der Waals surface area contributed by atoms with E-state index < -0.39 is 0 Å². The van der Waals surface area contributed by atoms with Gasteiger partial charge in [-0.05, 0) is 24.3 Å². The fourth-order valence-corrected chi connectivity index (χ4v) is 2.56. The molecule has 0 saturated carbocycles. The molecule has 0 amide bonds. The van der Waals surface area contributed by atoms with Crippen LogP contribution in [0.25, 0.3) is 0 Å². The van der Waals surface area contributed by atoms with Gasteiger partial charge in [-0.25, -0.2) is 0 Å². The lowest BCUT2D eigenvalue weighted by molar-refractivity contribution is 0.516. The molecule has 6 heteroatoms. The number of piperazine rings is 1. The summed E-state index contributed by atoms with van der Waals surface area (Å²) in [6.45, 7) is 3.62. The van der Waals surface area contributed by atoms with Crippen LogP contribution in [-0.4, -0.2) is 31.2 Å². The number of hydrogen-bond acceptors (Lipinski definition) is 4. The number of rotatable bonds is 3. The lowest BCUT2D eigenvalue weighted by Gasteiger charge is -2.35. The second kappa shape index (κ2) is 5.94. The van der Waals surface area contributed by atoms with E-state index in [-0.39, 0.29) is 0 Å². The van der Waals surface area contributed by atoms with Crippen LogP contribution in [0.1, 0.15) is 5.69 Å². The molecule has 20 heavy (non-hydrogen) atoms. The van der Waals surface area contributed by atoms with Crippen LogP contribution in [0.15, 0.2) is 34.9 Å². The van der Waals surface area contributed by atoms with Crippen molar-refractivity contribution in [2.75, 3.05) is 36.0 Å². The molecule has 1 saturated heterocycles. The Hall–Kier alpha value is -1.39. The van der Waals surface area contributed by atoms with Crippen molar-refractivity contribution in [1.29, 1.82) is 0 Å². The molecule has 1 aromatic carbocycles. The van der Waals surface area contributed by atoms with Gasteiger partial charge < -0.3 is 14.2 Å². The van der Waals surface area contributed by atoms with Gasteiger partial charge in [0.25, 0.3) is 6.01 Å². The molecule has 0 spiro atoms. The standard InChI is InChI=1S/C14H15Cl2N3O/c15-9-12-10-20-14(17-12)19-7-5-18(6-8-19)13-3-1-11(16)2-4-13/h1-4,10H,5-9H2. The van der Waals surface area contributed by atoms with Crippen LogP contribution in [0, 0.1) is 0 Å². The van der Waals surface area contributed by atoms with Crippen LogP contribution < -0.4 is 9.80 Å². The highest BCUT2D eigenvalue weighted by Gasteiger charge is 2.20. The molecule has 1 aromatic heterocycles. The zero-order valence-electron chi connectivity index (χ0n) is 10.9. The van der Waals surface area contributed by atoms with Crippen LogP contribution >= 0.6 is 23.2 Å². The van der Waals surface area contributed by atoms with E-state index in [9.17, 15) is 0 Å². The Balaban J connectivity index is 1.63. The Labute approximate surface area is 127 Å². The Morgan fingerprint density at radius 3 is 2.30 bits per heavy atom. The van der Waals surface area contributed by atoms with E-state index in [1.165, 1.54) is 5.69 Å². The molecule has 106 valence electrons. The monoisotopic (exact) mass is 311 g/mol. The van der Waals surface area contributed by atoms with Gasteiger partial charge in [-0.15, -0.1) is 11.6 Å². The minimum absolute atomic E-state index is 0.383. The van der Waals surface area contributed by atoms with Crippen LogP contribution in [0.3, 0.4) is 0 Å². The zero-order valence-corrected chi connectivity index (χ0v) is 12.4. The number of aromatic nitrogens is 1. The second-order valence-corrected chi connectivity index (χ2v) is 5.41. The number of alkyl halides is 1. The lowest BCUT2D eigenvalue weighted by atomic mass is 10.2. The zero-order chi connectivity index (χ0) is 13.9. The number of anilines is 2. The molecule has 0 radical (unpaired) electrons. The first-order valence-electron chi connectivity index (χ1n) is 6.52. The Morgan fingerprint density at radius 1 is 1.05 bits per heavy atom. The molecular weight excluding hydrogens is 297 g/mol. The van der Waals surface area contributed by atoms with Crippen LogP contribution in [0.2, 0.25) is 5.02 Å². The van der Waals surface area contributed by atoms with Gasteiger partial charge in [0.1, 0.15) is 6.26 Å². The van der Waals surface area contributed by atoms with E-state index in [1.807, 2.05) is 12.1 Å². The van der Waals surface area contributed by atoms with E-state index in [4.69, 9.17) is 27.6 Å². The van der Waals surface area contributed by atoms with Gasteiger partial charge in [0.05, 0.1) is 11.6 Å². The maximum Gasteiger partial charge on any atom is 0.297 e. The molecule has 0 unspecified atom stereocenters. The van der Waals surface area contributed by atoms with Gasteiger partial charge in [0.2, 0.25) is 0 Å². The topological polar surface area (TPSA) is 32.5 Å². The quantitative estimate of drug-likeness (QED) is 0.813. The van der Waals surface area contributed by atoms with Gasteiger partial charge in [-0.3, -0.25) is 0 Å². The van der Waals surface area contributed by atoms with Crippen molar-refractivity contribution < 1.29 is 4.42 Å². The molecule has 3 rings (SSSR count). The Morgan fingerprint density at radius 2 is 1.70 bits per heavy atom. The van der Waals surface area contributed by atoms with E-state index in [0.29, 0.717) is 11.9 Å². The maximum absolute atomic E-state index is 5.91. The maximum atomic E-state index is 5.91. The first-order chi connectivity index (χ1) is 9.76. The largest absolute Gasteiger partial charge is 0.432 e. The van der Waals surface area contributed by atoms with Crippen LogP contribution in [0.4, 0.5) is 11.7 Å². The number of nitrogens with zero attached hydrogens (tertiary/aromatic N) is 3. The highest BCUT2D eigenvalue weighted by atomic mass is 35.5. The average Bonchev–Trinajstić information content (AvgIpc) is 2.97. The second-order valence-electron chi connectivity index (χ2n) is 4.71. The summed E-state index contributed by atoms with van der Waals surface area (Å²) in [5.74, 6) is 0.383. The number of oxazole rings is 1. The summed E-state index contributed by atoms with van der Waals surface area (Å²) in [7, 11) is 0. The van der Waals surface area contributed by atoms with Crippen molar-refractivity contribution in [3.05, 3.63) is 41.2 Å². The van der Waals surface area contributed by atoms with Crippen molar-refractivity contribution in [3.8, 4) is 0 Å². The molecule has 2 aromatic rings. The summed E-state index contributed by atoms with van der Waals surface area (Å²) in [4.78, 5) is 8.83. The van der Waals surface area contributed by atoms with Gasteiger partial charge in [0.15, 0.2) is 0 Å². The average molecular weight is 312 g/mol. The van der Waals surface area contributed by atoms with Gasteiger partial charge >= 0.3 is 0 Å². The van der Waals surface area contributed by atoms with Gasteiger partial charge in [-0.2, -0.15) is 4.98 Å². The molecule has 0 aliphatic carbocycles. The molecule has 0 N–H and O–H groups in total. The Kier molecular flexibility index (Phi) is 4.03. The summed E-state index contributed by atoms with van der Waals surface area (Å²) >= 11 is 11.6. The van der Waals surface area contributed by atoms with Crippen molar-refractivity contribution in [2.45, 2.75) is 5.88 Å². The molecule has 1 aliphatic heterocycles. The van der Waals surface area contributed by atoms with Crippen LogP contribution in [0.5, 0.6) is 0 Å². The lowest BCUT2D eigenvalue weighted by Crippen LogP contribution is -2.46. The smallest absolute Gasteiger partial charge is 0.297 e. The molecule has 1 aliphatic rings. The van der Waals surface area contributed by atoms with Crippen molar-refractivity contribution >= 4 is 34.9 Å². The molecule has 0 atom stereocenters. The van der Waals surface area contributed by atoms with Crippen LogP contribution in [-0.2, 0) is 5.88 Å². The molecule has 2 heterocycles. The highest BCUT2D eigenvalue weighted by molar-refractivity contribution is 6.30. The summed E-state index contributed by atoms with van der Waals surface area (Å²) in [5, 5.41) is 0.765. The van der Waals surface area contributed by atoms with E-state index in [1.54, 1.807) is 6.26 Å². The van der Waals surface area contributed by atoms with Crippen molar-refractivity contribution in [3.63, 3.8) is 0 Å². The summed E-state index contributed by atoms with van der Waals surface area (Å²) < 4.78 is 5.45. The minimum atomic E-state index is 0.383. The summed E-state index contributed by atoms with van der Waals surface area (Å²) in [5.41, 5.74) is 1.98. The normalized spacial score (nSPS) is 15.7. The SMILES string of the molecule is ClCc1coc(N2CCN(c3ccc(Cl)cc3)CC2)n1. The first kappa shape index (κ1) is 13.6. The Bertz CT molecular complexity index is 562. The van der Waals surface area contributed by atoms with E-state index in [2.05, 4.69) is 26.9 Å². The number of benzene rings is 1. The third kappa shape index (κ3) is 2.86. The summed E-state index contributed by atoms with van der Waals surface area (Å²) in [6, 6.07) is 8.61. The van der Waals surface area contributed by atoms with Gasteiger partial charge in [0, 0.05) is 36.9 Å². The molecule has 0 bridgehead atoms. The molecular formula is C14H15Cl2N3O. The fraction of sp³-hybridized carbons (Fsp3) is 0.357. The van der Waals surface area contributed by atoms with Crippen molar-refractivity contribution in [2.24, 2.45) is 0 Å². The third-order valence-corrected chi connectivity index (χ3v) is 3.94. The first-order valence-corrected chi connectivity index (χ1v) is 7.43.